The van der Waals surface area contributed by atoms with Crippen molar-refractivity contribution >= 4 is 41.3 Å². The van der Waals surface area contributed by atoms with E-state index in [1.54, 1.807) is 16.7 Å². The van der Waals surface area contributed by atoms with Crippen molar-refractivity contribution in [2.24, 2.45) is 0 Å². The van der Waals surface area contributed by atoms with Crippen LogP contribution in [-0.2, 0) is 14.4 Å². The molecule has 2 aliphatic heterocycles. The minimum atomic E-state index is -0.908. The lowest BCUT2D eigenvalue weighted by molar-refractivity contribution is -0.138. The van der Waals surface area contributed by atoms with Gasteiger partial charge in [0, 0.05) is 6.54 Å². The molecule has 2 aliphatic rings. The zero-order valence-electron chi connectivity index (χ0n) is 14.0. The summed E-state index contributed by atoms with van der Waals surface area (Å²) in [5, 5.41) is 11.4. The molecule has 2 N–H and O–H groups in total. The predicted octanol–water partition coefficient (Wildman–Crippen LogP) is 2.37. The normalized spacial score (nSPS) is 29.1. The van der Waals surface area contributed by atoms with Crippen molar-refractivity contribution in [3.63, 3.8) is 0 Å². The first-order valence-electron chi connectivity index (χ1n) is 8.10. The van der Waals surface area contributed by atoms with Gasteiger partial charge in [-0.2, -0.15) is 0 Å². The molecule has 0 radical (unpaired) electrons. The van der Waals surface area contributed by atoms with E-state index in [1.165, 1.54) is 11.8 Å². The van der Waals surface area contributed by atoms with Gasteiger partial charge in [-0.15, -0.1) is 23.5 Å². The Morgan fingerprint density at radius 3 is 2.32 bits per heavy atom. The fraction of sp³-hybridized carbons (Fsp3) is 0.471. The van der Waals surface area contributed by atoms with Crippen molar-refractivity contribution in [3.05, 3.63) is 35.4 Å². The first-order valence-corrected chi connectivity index (χ1v) is 9.99. The maximum Gasteiger partial charge on any atom is 0.305 e. The highest BCUT2D eigenvalue weighted by Gasteiger charge is 2.38. The molecule has 1 aromatic rings. The highest BCUT2D eigenvalue weighted by molar-refractivity contribution is 8.01. The summed E-state index contributed by atoms with van der Waals surface area (Å²) >= 11 is 3.12. The predicted molar refractivity (Wildman–Crippen MR) is 98.1 cm³/mol. The number of rotatable bonds is 5. The summed E-state index contributed by atoms with van der Waals surface area (Å²) in [6.07, 6.45) is -0.0593. The van der Waals surface area contributed by atoms with Gasteiger partial charge >= 0.3 is 5.97 Å². The molecule has 0 saturated carbocycles. The SMILES string of the molecule is CC1SC(c2ccc(C3SC(C)C(=O)N3CCC(=O)O)cc2)NC1=O. The molecular formula is C17H20N2O4S2. The van der Waals surface area contributed by atoms with Crippen LogP contribution in [0.2, 0.25) is 0 Å². The van der Waals surface area contributed by atoms with E-state index in [0.29, 0.717) is 0 Å². The monoisotopic (exact) mass is 380 g/mol. The zero-order valence-corrected chi connectivity index (χ0v) is 15.6. The van der Waals surface area contributed by atoms with Crippen LogP contribution in [0, 0.1) is 0 Å². The van der Waals surface area contributed by atoms with E-state index in [2.05, 4.69) is 5.32 Å². The molecule has 0 bridgehead atoms. The first-order chi connectivity index (χ1) is 11.9. The number of nitrogens with one attached hydrogen (secondary N) is 1. The van der Waals surface area contributed by atoms with Gasteiger partial charge in [-0.25, -0.2) is 0 Å². The van der Waals surface area contributed by atoms with E-state index >= 15 is 0 Å². The smallest absolute Gasteiger partial charge is 0.305 e. The van der Waals surface area contributed by atoms with Crippen LogP contribution in [0.4, 0.5) is 0 Å². The van der Waals surface area contributed by atoms with Crippen molar-refractivity contribution < 1.29 is 19.5 Å². The van der Waals surface area contributed by atoms with Gasteiger partial charge in [-0.1, -0.05) is 24.3 Å². The first kappa shape index (κ1) is 18.1. The summed E-state index contributed by atoms with van der Waals surface area (Å²) < 4.78 is 0. The molecule has 0 aromatic heterocycles. The summed E-state index contributed by atoms with van der Waals surface area (Å²) in [4.78, 5) is 36.5. The van der Waals surface area contributed by atoms with E-state index in [1.807, 2.05) is 38.1 Å². The van der Waals surface area contributed by atoms with E-state index in [4.69, 9.17) is 5.11 Å². The van der Waals surface area contributed by atoms with Crippen LogP contribution in [-0.4, -0.2) is 44.8 Å². The molecular weight excluding hydrogens is 360 g/mol. The van der Waals surface area contributed by atoms with Gasteiger partial charge in [-0.3, -0.25) is 14.4 Å². The third-order valence-electron chi connectivity index (χ3n) is 4.32. The second-order valence-electron chi connectivity index (χ2n) is 6.14. The van der Waals surface area contributed by atoms with E-state index in [9.17, 15) is 14.4 Å². The van der Waals surface area contributed by atoms with Gasteiger partial charge in [-0.05, 0) is 25.0 Å². The van der Waals surface area contributed by atoms with Crippen LogP contribution in [0.5, 0.6) is 0 Å². The molecule has 4 atom stereocenters. The zero-order chi connectivity index (χ0) is 18.1. The van der Waals surface area contributed by atoms with E-state index in [-0.39, 0.29) is 46.0 Å². The van der Waals surface area contributed by atoms with Crippen LogP contribution < -0.4 is 5.32 Å². The van der Waals surface area contributed by atoms with Crippen molar-refractivity contribution in [3.8, 4) is 0 Å². The second kappa shape index (κ2) is 7.29. The number of thioether (sulfide) groups is 2. The molecule has 6 nitrogen and oxygen atoms in total. The maximum absolute atomic E-state index is 12.3. The third kappa shape index (κ3) is 3.79. The Balaban J connectivity index is 1.75. The molecule has 1 aromatic carbocycles. The molecule has 2 fully saturated rings. The summed E-state index contributed by atoms with van der Waals surface area (Å²) in [7, 11) is 0. The van der Waals surface area contributed by atoms with Gasteiger partial charge in [0.1, 0.15) is 10.7 Å². The number of nitrogens with zero attached hydrogens (tertiary/aromatic N) is 1. The van der Waals surface area contributed by atoms with Crippen LogP contribution in [0.15, 0.2) is 24.3 Å². The van der Waals surface area contributed by atoms with E-state index < -0.39 is 5.97 Å². The molecule has 3 rings (SSSR count). The number of hydrogen-bond donors (Lipinski definition) is 2. The minimum Gasteiger partial charge on any atom is -0.481 e. The number of carboxylic acids is 1. The molecule has 0 aliphatic carbocycles. The lowest BCUT2D eigenvalue weighted by Gasteiger charge is -2.24. The Morgan fingerprint density at radius 1 is 1.12 bits per heavy atom. The van der Waals surface area contributed by atoms with Crippen molar-refractivity contribution in [1.82, 2.24) is 10.2 Å². The molecule has 8 heteroatoms. The molecule has 2 saturated heterocycles. The van der Waals surface area contributed by atoms with Crippen molar-refractivity contribution in [2.45, 2.75) is 41.5 Å². The maximum atomic E-state index is 12.3. The third-order valence-corrected chi connectivity index (χ3v) is 7.00. The highest BCUT2D eigenvalue weighted by Crippen LogP contribution is 2.43. The number of carbonyl (C=O) groups excluding carboxylic acids is 2. The molecule has 134 valence electrons. The Labute approximate surface area is 154 Å². The summed E-state index contributed by atoms with van der Waals surface area (Å²) in [6.45, 7) is 3.95. The molecule has 2 heterocycles. The number of aliphatic carboxylic acids is 1. The van der Waals surface area contributed by atoms with Crippen LogP contribution >= 0.6 is 23.5 Å². The molecule has 4 unspecified atom stereocenters. The Kier molecular flexibility index (Phi) is 5.29. The van der Waals surface area contributed by atoms with Crippen LogP contribution in [0.1, 0.15) is 42.1 Å². The summed E-state index contributed by atoms with van der Waals surface area (Å²) in [6, 6.07) is 7.85. The van der Waals surface area contributed by atoms with Gasteiger partial charge in [0.05, 0.1) is 16.9 Å². The fourth-order valence-electron chi connectivity index (χ4n) is 2.92. The number of carbonyl (C=O) groups is 3. The van der Waals surface area contributed by atoms with Crippen molar-refractivity contribution in [1.29, 1.82) is 0 Å². The average Bonchev–Trinajstić information content (AvgIpc) is 3.06. The largest absolute Gasteiger partial charge is 0.481 e. The van der Waals surface area contributed by atoms with Crippen LogP contribution in [0.3, 0.4) is 0 Å². The number of amides is 2. The Morgan fingerprint density at radius 2 is 1.76 bits per heavy atom. The van der Waals surface area contributed by atoms with Gasteiger partial charge < -0.3 is 15.3 Å². The highest BCUT2D eigenvalue weighted by atomic mass is 32.2. The number of hydrogen-bond acceptors (Lipinski definition) is 5. The van der Waals surface area contributed by atoms with Gasteiger partial charge in [0.25, 0.3) is 0 Å². The van der Waals surface area contributed by atoms with Crippen LogP contribution in [0.25, 0.3) is 0 Å². The summed E-state index contributed by atoms with van der Waals surface area (Å²) in [5.41, 5.74) is 1.99. The van der Waals surface area contributed by atoms with Crippen molar-refractivity contribution in [2.75, 3.05) is 6.54 Å². The number of carboxylic acid groups (broad SMARTS) is 1. The minimum absolute atomic E-state index is 0.0206. The molecule has 25 heavy (non-hydrogen) atoms. The number of benzene rings is 1. The standard InChI is InChI=1S/C17H20N2O4S2/c1-9-14(22)18-15(24-9)11-3-5-12(6-4-11)17-19(8-7-13(20)21)16(23)10(2)25-17/h3-6,9-10,15,17H,7-8H2,1-2H3,(H,18,22)(H,20,21). The quantitative estimate of drug-likeness (QED) is 0.816. The van der Waals surface area contributed by atoms with Gasteiger partial charge in [0.15, 0.2) is 0 Å². The lowest BCUT2D eigenvalue weighted by atomic mass is 10.1. The topological polar surface area (TPSA) is 86.7 Å². The van der Waals surface area contributed by atoms with Gasteiger partial charge in [0.2, 0.25) is 11.8 Å². The van der Waals surface area contributed by atoms with E-state index in [0.717, 1.165) is 11.1 Å². The fourth-order valence-corrected chi connectivity index (χ4v) is 5.33. The lowest BCUT2D eigenvalue weighted by Crippen LogP contribution is -2.32. The molecule has 0 spiro atoms. The Bertz CT molecular complexity index is 694. The molecule has 2 amide bonds. The Hall–Kier alpha value is -1.67. The average molecular weight is 380 g/mol. The summed E-state index contributed by atoms with van der Waals surface area (Å²) in [5.74, 6) is -0.882. The second-order valence-corrected chi connectivity index (χ2v) is 9.02.